The minimum absolute atomic E-state index is 0.0987. The third kappa shape index (κ3) is 8.10. The molecule has 0 radical (unpaired) electrons. The number of hydrogen-bond acceptors (Lipinski definition) is 7. The number of halogens is 2. The van der Waals surface area contributed by atoms with E-state index in [4.69, 9.17) is 25.8 Å². The Hall–Kier alpha value is -3.77. The highest BCUT2D eigenvalue weighted by atomic mass is 35.5. The second-order valence-corrected chi connectivity index (χ2v) is 17.7. The van der Waals surface area contributed by atoms with Crippen molar-refractivity contribution >= 4 is 39.0 Å². The average Bonchev–Trinajstić information content (AvgIpc) is 3.31. The van der Waals surface area contributed by atoms with E-state index in [0.29, 0.717) is 55.4 Å². The Balaban J connectivity index is 1.28. The molecule has 1 spiro atoms. The molecule has 3 heterocycles. The Kier molecular flexibility index (Phi) is 11.5. The largest absolute Gasteiger partial charge is 0.490 e. The fraction of sp³-hybridized carbons (Fsp3) is 0.476. The summed E-state index contributed by atoms with van der Waals surface area (Å²) in [7, 11) is -2.12. The number of hydrogen-bond donors (Lipinski definition) is 1. The molecule has 2 bridgehead atoms. The van der Waals surface area contributed by atoms with E-state index in [1.165, 1.54) is 18.2 Å². The van der Waals surface area contributed by atoms with Crippen LogP contribution in [0.5, 0.6) is 5.75 Å². The molecule has 3 aliphatic heterocycles. The number of rotatable bonds is 4. The summed E-state index contributed by atoms with van der Waals surface area (Å²) in [5.74, 6) is -1.54. The minimum Gasteiger partial charge on any atom is -0.490 e. The second-order valence-electron chi connectivity index (χ2n) is 15.3. The van der Waals surface area contributed by atoms with Crippen molar-refractivity contribution in [1.82, 2.24) is 4.72 Å². The van der Waals surface area contributed by atoms with E-state index in [-0.39, 0.29) is 23.8 Å². The zero-order chi connectivity index (χ0) is 38.0. The summed E-state index contributed by atoms with van der Waals surface area (Å²) in [5.41, 5.74) is 4.74. The van der Waals surface area contributed by atoms with E-state index < -0.39 is 51.4 Å². The maximum atomic E-state index is 16.6. The summed E-state index contributed by atoms with van der Waals surface area (Å²) in [6.45, 7) is 5.35. The molecular weight excluding hydrogens is 729 g/mol. The fourth-order valence-electron chi connectivity index (χ4n) is 8.49. The standard InChI is InChI=1S/C42H49ClFN3O6S/c1-4-28-22-47-25-42(18-8-12-30-19-33(43)15-16-34(30)42)26-53-36-17-14-31(20-35(36)47)40(48)45-54(50,24-27(2)9-7-13-37(51-3)39(28)44)46-41(49)38-21-29-10-5-6-11-32(29)23-52-38/h5-7,10-11,13-17,19-20,27-28,37-39H,4,8-9,12,18,21-26H2,1-3H3,(H,45,46,48,49,50)/b13-7+/t27-,28-,37-,38+,39+,42-,54?/m0/s1. The van der Waals surface area contributed by atoms with E-state index in [0.717, 1.165) is 30.4 Å². The predicted octanol–water partition coefficient (Wildman–Crippen LogP) is 7.57. The number of fused-ring (bicyclic) bond motifs is 4. The van der Waals surface area contributed by atoms with Crippen molar-refractivity contribution in [3.63, 3.8) is 0 Å². The van der Waals surface area contributed by atoms with Crippen LogP contribution in [0.25, 0.3) is 0 Å². The highest BCUT2D eigenvalue weighted by Gasteiger charge is 2.43. The van der Waals surface area contributed by atoms with Crippen LogP contribution < -0.4 is 14.4 Å². The molecule has 0 saturated carbocycles. The molecule has 9 nitrogen and oxygen atoms in total. The van der Waals surface area contributed by atoms with Gasteiger partial charge in [-0.25, -0.2) is 8.60 Å². The third-order valence-corrected chi connectivity index (χ3v) is 13.7. The van der Waals surface area contributed by atoms with Crippen LogP contribution in [0, 0.1) is 11.8 Å². The van der Waals surface area contributed by atoms with Gasteiger partial charge in [0.05, 0.1) is 24.7 Å². The van der Waals surface area contributed by atoms with Gasteiger partial charge in [-0.3, -0.25) is 14.3 Å². The second kappa shape index (κ2) is 16.1. The van der Waals surface area contributed by atoms with Gasteiger partial charge in [-0.1, -0.05) is 67.9 Å². The van der Waals surface area contributed by atoms with Gasteiger partial charge in [0.25, 0.3) is 11.8 Å². The Labute approximate surface area is 322 Å². The molecule has 0 saturated heterocycles. The molecule has 4 aliphatic rings. The summed E-state index contributed by atoms with van der Waals surface area (Å²) in [4.78, 5) is 29.9. The van der Waals surface area contributed by atoms with Crippen LogP contribution in [-0.2, 0) is 49.0 Å². The highest BCUT2D eigenvalue weighted by Crippen LogP contribution is 2.45. The van der Waals surface area contributed by atoms with E-state index in [1.807, 2.05) is 56.3 Å². The van der Waals surface area contributed by atoms with Crippen molar-refractivity contribution < 1.29 is 32.4 Å². The first-order valence-corrected chi connectivity index (χ1v) is 21.0. The normalized spacial score (nSPS) is 30.6. The smallest absolute Gasteiger partial charge is 0.286 e. The van der Waals surface area contributed by atoms with Gasteiger partial charge in [-0.15, -0.1) is 4.36 Å². The van der Waals surface area contributed by atoms with Crippen molar-refractivity contribution in [3.8, 4) is 5.75 Å². The lowest BCUT2D eigenvalue weighted by Crippen LogP contribution is -2.48. The molecule has 1 N–H and O–H groups in total. The van der Waals surface area contributed by atoms with Crippen LogP contribution in [0.4, 0.5) is 10.1 Å². The molecule has 12 heteroatoms. The number of aryl methyl sites for hydroxylation is 1. The molecule has 7 rings (SSSR count). The molecule has 2 amide bonds. The quantitative estimate of drug-likeness (QED) is 0.273. The Morgan fingerprint density at radius 2 is 1.96 bits per heavy atom. The summed E-state index contributed by atoms with van der Waals surface area (Å²) in [5, 5.41) is 0.685. The van der Waals surface area contributed by atoms with Gasteiger partial charge in [-0.05, 0) is 90.6 Å². The summed E-state index contributed by atoms with van der Waals surface area (Å²) >= 11 is 6.44. The first-order chi connectivity index (χ1) is 26.0. The lowest BCUT2D eigenvalue weighted by atomic mass is 9.70. The van der Waals surface area contributed by atoms with Gasteiger partial charge in [-0.2, -0.15) is 0 Å². The topological polar surface area (TPSA) is 107 Å². The van der Waals surface area contributed by atoms with Crippen LogP contribution in [0.15, 0.2) is 77.2 Å². The van der Waals surface area contributed by atoms with Crippen molar-refractivity contribution in [2.45, 2.75) is 82.8 Å². The number of nitrogens with one attached hydrogen (secondary N) is 1. The number of benzene rings is 3. The van der Waals surface area contributed by atoms with Crippen LogP contribution >= 0.6 is 11.6 Å². The summed E-state index contributed by atoms with van der Waals surface area (Å²) in [6.07, 6.45) is 4.52. The number of amides is 2. The highest BCUT2D eigenvalue weighted by molar-refractivity contribution is 7.92. The van der Waals surface area contributed by atoms with Gasteiger partial charge < -0.3 is 19.1 Å². The van der Waals surface area contributed by atoms with Crippen molar-refractivity contribution in [1.29, 1.82) is 0 Å². The molecule has 1 unspecified atom stereocenters. The molecule has 0 aromatic heterocycles. The summed E-state index contributed by atoms with van der Waals surface area (Å²) < 4.78 is 56.4. The number of ether oxygens (including phenoxy) is 3. The van der Waals surface area contributed by atoms with Gasteiger partial charge in [0, 0.05) is 48.5 Å². The number of alkyl halides is 1. The van der Waals surface area contributed by atoms with Crippen LogP contribution in [0.1, 0.15) is 72.1 Å². The van der Waals surface area contributed by atoms with E-state index in [1.54, 1.807) is 24.3 Å². The number of allylic oxidation sites excluding steroid dienone is 1. The van der Waals surface area contributed by atoms with E-state index in [9.17, 15) is 13.8 Å². The fourth-order valence-corrected chi connectivity index (χ4v) is 10.6. The van der Waals surface area contributed by atoms with Gasteiger partial charge in [0.1, 0.15) is 34.0 Å². The zero-order valence-electron chi connectivity index (χ0n) is 31.1. The molecule has 1 aliphatic carbocycles. The lowest BCUT2D eigenvalue weighted by molar-refractivity contribution is -0.132. The minimum atomic E-state index is -3.63. The van der Waals surface area contributed by atoms with Gasteiger partial charge in [0.15, 0.2) is 0 Å². The van der Waals surface area contributed by atoms with Crippen LogP contribution in [0.2, 0.25) is 5.02 Å². The Bertz CT molecular complexity index is 2050. The molecule has 3 aromatic carbocycles. The SMILES string of the molecule is CC[C@H]1CN2C[C@@]3(CCCc4cc(Cl)ccc43)COc3ccc(cc32)C(=O)N=S(=O)(NC(=O)[C@H]2Cc3ccccc3CO2)C[C@@H](C)C/C=C/[C@H](OC)[C@@H]1F. The molecule has 3 aromatic rings. The first-order valence-electron chi connectivity index (χ1n) is 18.9. The summed E-state index contributed by atoms with van der Waals surface area (Å²) in [6, 6.07) is 18.8. The van der Waals surface area contributed by atoms with Crippen molar-refractivity contribution in [3.05, 3.63) is 106 Å². The Morgan fingerprint density at radius 3 is 2.76 bits per heavy atom. The number of anilines is 1. The van der Waals surface area contributed by atoms with E-state index in [2.05, 4.69) is 20.1 Å². The maximum Gasteiger partial charge on any atom is 0.286 e. The maximum absolute atomic E-state index is 16.6. The zero-order valence-corrected chi connectivity index (χ0v) is 32.7. The number of carbonyl (C=O) groups is 2. The average molecular weight is 778 g/mol. The molecule has 7 atom stereocenters. The third-order valence-electron chi connectivity index (χ3n) is 11.4. The molecule has 288 valence electrons. The van der Waals surface area contributed by atoms with Crippen LogP contribution in [-0.4, -0.2) is 67.0 Å². The van der Waals surface area contributed by atoms with Crippen LogP contribution in [0.3, 0.4) is 0 Å². The number of methoxy groups -OCH3 is 1. The monoisotopic (exact) mass is 777 g/mol. The van der Waals surface area contributed by atoms with Crippen molar-refractivity contribution in [2.75, 3.05) is 37.5 Å². The molecule has 0 fully saturated rings. The Morgan fingerprint density at radius 1 is 1.15 bits per heavy atom. The van der Waals surface area contributed by atoms with Crippen molar-refractivity contribution in [2.24, 2.45) is 16.2 Å². The first kappa shape index (κ1) is 38.5. The lowest BCUT2D eigenvalue weighted by Gasteiger charge is -2.42. The molecule has 54 heavy (non-hydrogen) atoms. The number of nitrogens with zero attached hydrogens (tertiary/aromatic N) is 2. The molecular formula is C42H49ClFN3O6S. The van der Waals surface area contributed by atoms with E-state index >= 15 is 4.39 Å². The van der Waals surface area contributed by atoms with Gasteiger partial charge in [0.2, 0.25) is 0 Å². The number of carbonyl (C=O) groups excluding carboxylic acids is 2. The predicted molar refractivity (Wildman–Crippen MR) is 209 cm³/mol. The van der Waals surface area contributed by atoms with Gasteiger partial charge >= 0.3 is 0 Å².